The predicted octanol–water partition coefficient (Wildman–Crippen LogP) is 1.83. The lowest BCUT2D eigenvalue weighted by Crippen LogP contribution is -2.16. The van der Waals surface area contributed by atoms with Gasteiger partial charge in [0.05, 0.1) is 7.11 Å². The van der Waals surface area contributed by atoms with E-state index in [4.69, 9.17) is 0 Å². The second-order valence-corrected chi connectivity index (χ2v) is 2.89. The molecule has 0 aliphatic heterocycles. The Morgan fingerprint density at radius 1 is 1.20 bits per heavy atom. The first-order chi connectivity index (χ1) is 7.20. The van der Waals surface area contributed by atoms with Gasteiger partial charge in [-0.1, -0.05) is 36.4 Å². The minimum atomic E-state index is -0.841. The van der Waals surface area contributed by atoms with Crippen LogP contribution in [0.5, 0.6) is 0 Å². The molecule has 0 N–H and O–H groups in total. The fraction of sp³-hybridized carbons (Fsp3) is 0.167. The van der Waals surface area contributed by atoms with Gasteiger partial charge in [-0.3, -0.25) is 4.79 Å². The molecule has 1 aromatic rings. The van der Waals surface area contributed by atoms with Crippen LogP contribution in [-0.4, -0.2) is 18.9 Å². The Kier molecular flexibility index (Phi) is 3.80. The van der Waals surface area contributed by atoms with Crippen molar-refractivity contribution in [3.05, 3.63) is 42.0 Å². The van der Waals surface area contributed by atoms with Crippen molar-refractivity contribution in [3.63, 3.8) is 0 Å². The van der Waals surface area contributed by atoms with Crippen molar-refractivity contribution < 1.29 is 14.3 Å². The minimum absolute atomic E-state index is 0.363. The molecule has 15 heavy (non-hydrogen) atoms. The summed E-state index contributed by atoms with van der Waals surface area (Å²) >= 11 is 0. The summed E-state index contributed by atoms with van der Waals surface area (Å²) in [5.74, 6) is -1.46. The zero-order chi connectivity index (χ0) is 11.3. The first-order valence-corrected chi connectivity index (χ1v) is 4.55. The van der Waals surface area contributed by atoms with E-state index in [0.29, 0.717) is 5.57 Å². The summed E-state index contributed by atoms with van der Waals surface area (Å²) in [5.41, 5.74) is 1.08. The SMILES string of the molecule is C/C=C(/C(=O)C(=O)OC)c1ccccc1. The summed E-state index contributed by atoms with van der Waals surface area (Å²) in [6, 6.07) is 9.01. The molecule has 0 bridgehead atoms. The Balaban J connectivity index is 3.02. The van der Waals surface area contributed by atoms with Crippen LogP contribution in [0.3, 0.4) is 0 Å². The van der Waals surface area contributed by atoms with Crippen LogP contribution in [0.15, 0.2) is 36.4 Å². The van der Waals surface area contributed by atoms with Crippen LogP contribution < -0.4 is 0 Å². The third-order valence-corrected chi connectivity index (χ3v) is 1.99. The Labute approximate surface area is 88.4 Å². The van der Waals surface area contributed by atoms with Gasteiger partial charge in [0.15, 0.2) is 0 Å². The lowest BCUT2D eigenvalue weighted by molar-refractivity contribution is -0.149. The molecule has 0 spiro atoms. The Bertz CT molecular complexity index is 391. The van der Waals surface area contributed by atoms with Gasteiger partial charge < -0.3 is 4.74 Å². The van der Waals surface area contributed by atoms with Gasteiger partial charge in [0.1, 0.15) is 0 Å². The summed E-state index contributed by atoms with van der Waals surface area (Å²) in [6.07, 6.45) is 1.61. The van der Waals surface area contributed by atoms with Crippen molar-refractivity contribution >= 4 is 17.3 Å². The Morgan fingerprint density at radius 2 is 1.80 bits per heavy atom. The maximum absolute atomic E-state index is 11.6. The van der Waals surface area contributed by atoms with E-state index in [9.17, 15) is 9.59 Å². The number of rotatable bonds is 3. The molecule has 0 fully saturated rings. The van der Waals surface area contributed by atoms with E-state index < -0.39 is 11.8 Å². The Hall–Kier alpha value is -1.90. The molecule has 78 valence electrons. The third kappa shape index (κ3) is 2.53. The molecule has 0 heterocycles. The number of benzene rings is 1. The number of ether oxygens (including phenoxy) is 1. The van der Waals surface area contributed by atoms with E-state index in [-0.39, 0.29) is 0 Å². The molecule has 0 unspecified atom stereocenters. The molecule has 0 radical (unpaired) electrons. The highest BCUT2D eigenvalue weighted by molar-refractivity contribution is 6.51. The quantitative estimate of drug-likeness (QED) is 0.428. The van der Waals surface area contributed by atoms with Gasteiger partial charge in [-0.2, -0.15) is 0 Å². The molecule has 0 amide bonds. The molecule has 1 rings (SSSR count). The number of ketones is 1. The molecule has 3 nitrogen and oxygen atoms in total. The van der Waals surface area contributed by atoms with E-state index >= 15 is 0 Å². The zero-order valence-electron chi connectivity index (χ0n) is 8.69. The number of esters is 1. The average molecular weight is 204 g/mol. The number of hydrogen-bond acceptors (Lipinski definition) is 3. The highest BCUT2D eigenvalue weighted by atomic mass is 16.5. The van der Waals surface area contributed by atoms with Gasteiger partial charge in [0.25, 0.3) is 5.78 Å². The van der Waals surface area contributed by atoms with E-state index in [2.05, 4.69) is 4.74 Å². The van der Waals surface area contributed by atoms with Crippen molar-refractivity contribution in [2.45, 2.75) is 6.92 Å². The number of carbonyl (C=O) groups is 2. The van der Waals surface area contributed by atoms with Gasteiger partial charge >= 0.3 is 5.97 Å². The maximum atomic E-state index is 11.6. The van der Waals surface area contributed by atoms with E-state index in [1.54, 1.807) is 25.1 Å². The number of methoxy groups -OCH3 is 1. The van der Waals surface area contributed by atoms with E-state index in [1.807, 2.05) is 18.2 Å². The fourth-order valence-corrected chi connectivity index (χ4v) is 1.25. The second kappa shape index (κ2) is 5.10. The fourth-order valence-electron chi connectivity index (χ4n) is 1.25. The number of allylic oxidation sites excluding steroid dienone is 1. The van der Waals surface area contributed by atoms with E-state index in [0.717, 1.165) is 5.56 Å². The largest absolute Gasteiger partial charge is 0.463 e. The first kappa shape index (κ1) is 11.2. The van der Waals surface area contributed by atoms with Crippen molar-refractivity contribution in [1.29, 1.82) is 0 Å². The smallest absolute Gasteiger partial charge is 0.379 e. The molecule has 0 saturated heterocycles. The summed E-state index contributed by atoms with van der Waals surface area (Å²) in [6.45, 7) is 1.71. The standard InChI is InChI=1S/C12H12O3/c1-3-10(11(13)12(14)15-2)9-7-5-4-6-8-9/h3-8H,1-2H3/b10-3+. The second-order valence-electron chi connectivity index (χ2n) is 2.89. The van der Waals surface area contributed by atoms with Crippen LogP contribution >= 0.6 is 0 Å². The molecule has 0 aliphatic rings. The molecule has 1 aromatic carbocycles. The highest BCUT2D eigenvalue weighted by Crippen LogP contribution is 2.15. The van der Waals surface area contributed by atoms with Crippen molar-refractivity contribution in [3.8, 4) is 0 Å². The first-order valence-electron chi connectivity index (χ1n) is 4.55. The highest BCUT2D eigenvalue weighted by Gasteiger charge is 2.19. The third-order valence-electron chi connectivity index (χ3n) is 1.99. The van der Waals surface area contributed by atoms with Gasteiger partial charge in [-0.25, -0.2) is 4.79 Å². The number of Topliss-reactive ketones (excluding diaryl/α,β-unsaturated/α-hetero) is 1. The summed E-state index contributed by atoms with van der Waals surface area (Å²) in [5, 5.41) is 0. The summed E-state index contributed by atoms with van der Waals surface area (Å²) in [4.78, 5) is 22.6. The molecular formula is C12H12O3. The molecule has 0 saturated carbocycles. The van der Waals surface area contributed by atoms with Gasteiger partial charge in [0, 0.05) is 5.57 Å². The van der Waals surface area contributed by atoms with Crippen LogP contribution in [0.2, 0.25) is 0 Å². The lowest BCUT2D eigenvalue weighted by Gasteiger charge is -2.03. The Morgan fingerprint density at radius 3 is 2.27 bits per heavy atom. The summed E-state index contributed by atoms with van der Waals surface area (Å²) < 4.78 is 4.39. The summed E-state index contributed by atoms with van der Waals surface area (Å²) in [7, 11) is 1.19. The van der Waals surface area contributed by atoms with Crippen LogP contribution in [0.1, 0.15) is 12.5 Å². The molecule has 0 atom stereocenters. The maximum Gasteiger partial charge on any atom is 0.379 e. The monoisotopic (exact) mass is 204 g/mol. The van der Waals surface area contributed by atoms with Crippen LogP contribution in [0.4, 0.5) is 0 Å². The molecule has 3 heteroatoms. The van der Waals surface area contributed by atoms with Crippen LogP contribution in [-0.2, 0) is 14.3 Å². The number of hydrogen-bond donors (Lipinski definition) is 0. The minimum Gasteiger partial charge on any atom is -0.463 e. The zero-order valence-corrected chi connectivity index (χ0v) is 8.69. The average Bonchev–Trinajstić information content (AvgIpc) is 2.30. The van der Waals surface area contributed by atoms with Crippen LogP contribution in [0, 0.1) is 0 Å². The topological polar surface area (TPSA) is 43.4 Å². The van der Waals surface area contributed by atoms with Gasteiger partial charge in [0.2, 0.25) is 0 Å². The van der Waals surface area contributed by atoms with Crippen molar-refractivity contribution in [1.82, 2.24) is 0 Å². The normalized spacial score (nSPS) is 10.9. The number of carbonyl (C=O) groups excluding carboxylic acids is 2. The predicted molar refractivity (Wildman–Crippen MR) is 57.1 cm³/mol. The van der Waals surface area contributed by atoms with Crippen molar-refractivity contribution in [2.75, 3.05) is 7.11 Å². The van der Waals surface area contributed by atoms with E-state index in [1.165, 1.54) is 7.11 Å². The van der Waals surface area contributed by atoms with Gasteiger partial charge in [-0.05, 0) is 12.5 Å². The van der Waals surface area contributed by atoms with Gasteiger partial charge in [-0.15, -0.1) is 0 Å². The van der Waals surface area contributed by atoms with Crippen LogP contribution in [0.25, 0.3) is 5.57 Å². The molecular weight excluding hydrogens is 192 g/mol. The molecule has 0 aliphatic carbocycles. The lowest BCUT2D eigenvalue weighted by atomic mass is 10.0. The molecule has 0 aromatic heterocycles. The van der Waals surface area contributed by atoms with Crippen molar-refractivity contribution in [2.24, 2.45) is 0 Å².